The second kappa shape index (κ2) is 6.82. The standard InChI is InChI=1S/C27H20N2O3/c1-2-32-26(31)22-21(24(30)16-10-4-3-5-11-16)27(22)18-13-7-6-12-17(18)23-25(27)29-20-15-9-8-14-19(20)28-23/h3-15,21-22H,2H2,1H3/t21-,22+,27-/m0/s1. The highest BCUT2D eigenvalue weighted by molar-refractivity contribution is 6.08. The molecule has 1 fully saturated rings. The van der Waals surface area contributed by atoms with Crippen molar-refractivity contribution in [2.45, 2.75) is 12.3 Å². The number of hydrogen-bond acceptors (Lipinski definition) is 5. The van der Waals surface area contributed by atoms with Crippen LogP contribution in [0.5, 0.6) is 0 Å². The predicted molar refractivity (Wildman–Crippen MR) is 120 cm³/mol. The van der Waals surface area contributed by atoms with Crippen molar-refractivity contribution in [3.63, 3.8) is 0 Å². The van der Waals surface area contributed by atoms with Gasteiger partial charge >= 0.3 is 5.97 Å². The van der Waals surface area contributed by atoms with Crippen molar-refractivity contribution < 1.29 is 14.3 Å². The minimum absolute atomic E-state index is 0.0683. The Morgan fingerprint density at radius 2 is 1.50 bits per heavy atom. The number of aromatic nitrogens is 2. The largest absolute Gasteiger partial charge is 0.466 e. The van der Waals surface area contributed by atoms with E-state index in [0.29, 0.717) is 11.3 Å². The lowest BCUT2D eigenvalue weighted by Crippen LogP contribution is -2.18. The zero-order chi connectivity index (χ0) is 21.9. The molecule has 1 saturated carbocycles. The maximum absolute atomic E-state index is 13.7. The fraction of sp³-hybridized carbons (Fsp3) is 0.185. The lowest BCUT2D eigenvalue weighted by atomic mass is 9.90. The molecule has 2 aliphatic rings. The molecular weight excluding hydrogens is 400 g/mol. The maximum Gasteiger partial charge on any atom is 0.311 e. The normalized spacial score (nSPS) is 22.4. The maximum atomic E-state index is 13.7. The number of carbonyl (C=O) groups excluding carboxylic acids is 2. The lowest BCUT2D eigenvalue weighted by molar-refractivity contribution is -0.145. The summed E-state index contributed by atoms with van der Waals surface area (Å²) in [6.45, 7) is 2.04. The van der Waals surface area contributed by atoms with Gasteiger partial charge in [-0.25, -0.2) is 9.97 Å². The number of nitrogens with zero attached hydrogens (tertiary/aromatic N) is 2. The number of Topliss-reactive ketones (excluding diaryl/α,β-unsaturated/α-hetero) is 1. The molecule has 0 radical (unpaired) electrons. The van der Waals surface area contributed by atoms with Crippen molar-refractivity contribution in [3.8, 4) is 11.3 Å². The van der Waals surface area contributed by atoms with Crippen LogP contribution in [-0.4, -0.2) is 28.3 Å². The number of hydrogen-bond donors (Lipinski definition) is 0. The molecule has 2 aliphatic carbocycles. The van der Waals surface area contributed by atoms with Crippen LogP contribution in [0, 0.1) is 11.8 Å². The Hall–Kier alpha value is -3.86. The van der Waals surface area contributed by atoms with Crippen LogP contribution < -0.4 is 0 Å². The quantitative estimate of drug-likeness (QED) is 0.357. The molecule has 1 aromatic heterocycles. The van der Waals surface area contributed by atoms with Gasteiger partial charge in [-0.2, -0.15) is 0 Å². The topological polar surface area (TPSA) is 69.2 Å². The van der Waals surface area contributed by atoms with Crippen LogP contribution in [0.4, 0.5) is 0 Å². The number of fused-ring (bicyclic) bond motifs is 6. The molecule has 0 bridgehead atoms. The number of ether oxygens (including phenoxy) is 1. The highest BCUT2D eigenvalue weighted by atomic mass is 16.5. The van der Waals surface area contributed by atoms with Gasteiger partial charge in [0.25, 0.3) is 0 Å². The number of rotatable bonds is 4. The molecule has 1 heterocycles. The first kappa shape index (κ1) is 18.9. The average Bonchev–Trinajstić information content (AvgIpc) is 3.46. The van der Waals surface area contributed by atoms with E-state index in [2.05, 4.69) is 0 Å². The summed E-state index contributed by atoms with van der Waals surface area (Å²) in [5, 5.41) is 0. The Morgan fingerprint density at radius 1 is 0.844 bits per heavy atom. The second-order valence-corrected chi connectivity index (χ2v) is 8.26. The third-order valence-electron chi connectivity index (χ3n) is 6.68. The molecule has 3 aromatic carbocycles. The molecule has 4 aromatic rings. The first-order valence-corrected chi connectivity index (χ1v) is 10.8. The zero-order valence-electron chi connectivity index (χ0n) is 17.5. The number of carbonyl (C=O) groups is 2. The van der Waals surface area contributed by atoms with E-state index in [0.717, 1.165) is 27.9 Å². The van der Waals surface area contributed by atoms with Crippen molar-refractivity contribution in [1.82, 2.24) is 9.97 Å². The van der Waals surface area contributed by atoms with Crippen molar-refractivity contribution >= 4 is 22.8 Å². The van der Waals surface area contributed by atoms with Crippen molar-refractivity contribution in [2.75, 3.05) is 6.61 Å². The first-order valence-electron chi connectivity index (χ1n) is 10.8. The molecule has 5 heteroatoms. The fourth-order valence-electron chi connectivity index (χ4n) is 5.37. The second-order valence-electron chi connectivity index (χ2n) is 8.26. The van der Waals surface area contributed by atoms with Crippen LogP contribution in [0.2, 0.25) is 0 Å². The highest BCUT2D eigenvalue weighted by Gasteiger charge is 2.77. The first-order chi connectivity index (χ1) is 15.7. The molecule has 1 spiro atoms. The van der Waals surface area contributed by atoms with Gasteiger partial charge < -0.3 is 4.74 Å². The van der Waals surface area contributed by atoms with Crippen LogP contribution in [0.1, 0.15) is 28.5 Å². The summed E-state index contributed by atoms with van der Waals surface area (Å²) < 4.78 is 5.45. The Kier molecular flexibility index (Phi) is 4.02. The van der Waals surface area contributed by atoms with E-state index in [-0.39, 0.29) is 18.4 Å². The van der Waals surface area contributed by atoms with Gasteiger partial charge in [0.15, 0.2) is 5.78 Å². The van der Waals surface area contributed by atoms with Gasteiger partial charge in [-0.3, -0.25) is 9.59 Å². The summed E-state index contributed by atoms with van der Waals surface area (Å²) >= 11 is 0. The van der Waals surface area contributed by atoms with Gasteiger partial charge in [0.2, 0.25) is 0 Å². The molecular formula is C27H20N2O3. The van der Waals surface area contributed by atoms with E-state index in [1.807, 2.05) is 66.7 Å². The number of para-hydroxylation sites is 2. The molecule has 0 aliphatic heterocycles. The van der Waals surface area contributed by atoms with E-state index < -0.39 is 17.3 Å². The van der Waals surface area contributed by atoms with Crippen LogP contribution >= 0.6 is 0 Å². The van der Waals surface area contributed by atoms with E-state index >= 15 is 0 Å². The summed E-state index contributed by atoms with van der Waals surface area (Å²) in [6.07, 6.45) is 0. The molecule has 0 amide bonds. The lowest BCUT2D eigenvalue weighted by Gasteiger charge is -2.14. The molecule has 156 valence electrons. The summed E-state index contributed by atoms with van der Waals surface area (Å²) in [7, 11) is 0. The SMILES string of the molecule is CCOC(=O)[C@H]1[C@@H](C(=O)c2ccccc2)[C@@]12c1ccccc1-c1nc3ccccc3nc12. The minimum atomic E-state index is -0.859. The molecule has 0 saturated heterocycles. The summed E-state index contributed by atoms with van der Waals surface area (Å²) in [6, 6.07) is 24.7. The zero-order valence-corrected chi connectivity index (χ0v) is 17.5. The van der Waals surface area contributed by atoms with E-state index in [4.69, 9.17) is 14.7 Å². The molecule has 32 heavy (non-hydrogen) atoms. The van der Waals surface area contributed by atoms with Crippen molar-refractivity contribution in [1.29, 1.82) is 0 Å². The molecule has 5 nitrogen and oxygen atoms in total. The number of ketones is 1. The van der Waals surface area contributed by atoms with Gasteiger partial charge in [-0.05, 0) is 24.6 Å². The summed E-state index contributed by atoms with van der Waals surface area (Å²) in [4.78, 5) is 36.8. The van der Waals surface area contributed by atoms with Crippen molar-refractivity contribution in [2.24, 2.45) is 11.8 Å². The Morgan fingerprint density at radius 3 is 2.25 bits per heavy atom. The van der Waals surface area contributed by atoms with E-state index in [1.165, 1.54) is 0 Å². The van der Waals surface area contributed by atoms with Crippen LogP contribution in [0.3, 0.4) is 0 Å². The van der Waals surface area contributed by atoms with E-state index in [1.54, 1.807) is 19.1 Å². The molecule has 3 atom stereocenters. The fourth-order valence-corrected chi connectivity index (χ4v) is 5.37. The minimum Gasteiger partial charge on any atom is -0.466 e. The Balaban J connectivity index is 1.62. The number of esters is 1. The third kappa shape index (κ3) is 2.39. The van der Waals surface area contributed by atoms with Crippen LogP contribution in [0.15, 0.2) is 78.9 Å². The van der Waals surface area contributed by atoms with Gasteiger partial charge in [0.05, 0.1) is 46.3 Å². The molecule has 0 N–H and O–H groups in total. The van der Waals surface area contributed by atoms with E-state index in [9.17, 15) is 9.59 Å². The molecule has 0 unspecified atom stereocenters. The highest BCUT2D eigenvalue weighted by Crippen LogP contribution is 2.70. The van der Waals surface area contributed by atoms with Gasteiger partial charge in [0.1, 0.15) is 0 Å². The smallest absolute Gasteiger partial charge is 0.311 e. The monoisotopic (exact) mass is 420 g/mol. The van der Waals surface area contributed by atoms with Crippen molar-refractivity contribution in [3.05, 3.63) is 95.7 Å². The Labute approximate surface area is 185 Å². The predicted octanol–water partition coefficient (Wildman–Crippen LogP) is 4.59. The third-order valence-corrected chi connectivity index (χ3v) is 6.68. The average molecular weight is 420 g/mol. The molecule has 6 rings (SSSR count). The van der Waals surface area contributed by atoms with Gasteiger partial charge in [-0.1, -0.05) is 66.7 Å². The van der Waals surface area contributed by atoms with Crippen LogP contribution in [-0.2, 0) is 14.9 Å². The van der Waals surface area contributed by atoms with Gasteiger partial charge in [-0.15, -0.1) is 0 Å². The Bertz CT molecular complexity index is 1400. The van der Waals surface area contributed by atoms with Crippen LogP contribution in [0.25, 0.3) is 22.3 Å². The summed E-state index contributed by atoms with van der Waals surface area (Å²) in [5.74, 6) is -1.64. The van der Waals surface area contributed by atoms with Gasteiger partial charge in [0, 0.05) is 11.1 Å². The number of benzene rings is 3. The summed E-state index contributed by atoms with van der Waals surface area (Å²) in [5.41, 5.74) is 4.57.